The van der Waals surface area contributed by atoms with Crippen LogP contribution < -0.4 is 5.32 Å². The van der Waals surface area contributed by atoms with Gasteiger partial charge in [0, 0.05) is 16.1 Å². The smallest absolute Gasteiger partial charge is 0.0748 e. The average molecular weight is 319 g/mol. The van der Waals surface area contributed by atoms with Gasteiger partial charge in [-0.15, -0.1) is 0 Å². The van der Waals surface area contributed by atoms with E-state index in [0.717, 1.165) is 23.5 Å². The van der Waals surface area contributed by atoms with Gasteiger partial charge in [0.15, 0.2) is 0 Å². The third-order valence-electron chi connectivity index (χ3n) is 4.28. The number of nitrogens with zero attached hydrogens (tertiary/aromatic N) is 1. The van der Waals surface area contributed by atoms with Gasteiger partial charge in [-0.3, -0.25) is 4.98 Å². The molecule has 100 valence electrons. The molecule has 1 saturated heterocycles. The van der Waals surface area contributed by atoms with Crippen LogP contribution in [-0.2, 0) is 0 Å². The number of piperidine rings is 1. The van der Waals surface area contributed by atoms with Crippen LogP contribution in [0.4, 0.5) is 0 Å². The zero-order valence-electron chi connectivity index (χ0n) is 11.2. The van der Waals surface area contributed by atoms with E-state index in [0.29, 0.717) is 5.92 Å². The molecule has 1 aliphatic heterocycles. The van der Waals surface area contributed by atoms with Gasteiger partial charge in [0.1, 0.15) is 0 Å². The zero-order chi connectivity index (χ0) is 13.2. The molecule has 1 aliphatic rings. The van der Waals surface area contributed by atoms with Crippen LogP contribution in [-0.4, -0.2) is 18.1 Å². The highest BCUT2D eigenvalue weighted by molar-refractivity contribution is 9.10. The summed E-state index contributed by atoms with van der Waals surface area (Å²) in [5.41, 5.74) is 2.59. The van der Waals surface area contributed by atoms with Crippen molar-refractivity contribution in [1.29, 1.82) is 0 Å². The summed E-state index contributed by atoms with van der Waals surface area (Å²) in [7, 11) is 0. The van der Waals surface area contributed by atoms with Gasteiger partial charge in [-0.1, -0.05) is 41.4 Å². The fraction of sp³-hybridized carbons (Fsp3) is 0.438. The zero-order valence-corrected chi connectivity index (χ0v) is 12.8. The number of hydrogen-bond acceptors (Lipinski definition) is 2. The van der Waals surface area contributed by atoms with Gasteiger partial charge in [-0.25, -0.2) is 0 Å². The third kappa shape index (κ3) is 2.41. The highest BCUT2D eigenvalue weighted by Crippen LogP contribution is 2.37. The molecule has 0 radical (unpaired) electrons. The number of pyridine rings is 1. The molecule has 0 aliphatic carbocycles. The Balaban J connectivity index is 2.11. The van der Waals surface area contributed by atoms with Crippen LogP contribution in [0.1, 0.15) is 31.2 Å². The minimum absolute atomic E-state index is 0.636. The Hall–Kier alpha value is -0.930. The van der Waals surface area contributed by atoms with E-state index in [-0.39, 0.29) is 0 Å². The molecule has 2 atom stereocenters. The molecule has 1 aromatic heterocycles. The molecule has 2 unspecified atom stereocenters. The van der Waals surface area contributed by atoms with Crippen molar-refractivity contribution < 1.29 is 0 Å². The Morgan fingerprint density at radius 3 is 3.11 bits per heavy atom. The first-order valence-electron chi connectivity index (χ1n) is 7.05. The maximum atomic E-state index is 4.64. The quantitative estimate of drug-likeness (QED) is 0.901. The van der Waals surface area contributed by atoms with E-state index in [1.165, 1.54) is 29.3 Å². The predicted octanol–water partition coefficient (Wildman–Crippen LogP) is 4.10. The number of aromatic nitrogens is 1. The second kappa shape index (κ2) is 5.59. The summed E-state index contributed by atoms with van der Waals surface area (Å²) in [5.74, 6) is 1.36. The van der Waals surface area contributed by atoms with Gasteiger partial charge >= 0.3 is 0 Å². The van der Waals surface area contributed by atoms with Gasteiger partial charge in [-0.05, 0) is 49.0 Å². The number of fused-ring (bicyclic) bond motifs is 1. The lowest BCUT2D eigenvalue weighted by molar-refractivity contribution is 0.319. The monoisotopic (exact) mass is 318 g/mol. The van der Waals surface area contributed by atoms with Crippen LogP contribution in [0, 0.1) is 5.92 Å². The lowest BCUT2D eigenvalue weighted by Gasteiger charge is -2.32. The Labute approximate surface area is 122 Å². The summed E-state index contributed by atoms with van der Waals surface area (Å²) in [4.78, 5) is 4.64. The second-order valence-electron chi connectivity index (χ2n) is 5.30. The third-order valence-corrected chi connectivity index (χ3v) is 4.97. The summed E-state index contributed by atoms with van der Waals surface area (Å²) in [6, 6.07) is 8.60. The van der Waals surface area contributed by atoms with Gasteiger partial charge in [0.25, 0.3) is 0 Å². The normalized spacial score (nSPS) is 23.7. The molecule has 2 heterocycles. The molecule has 0 bridgehead atoms. The molecule has 0 spiro atoms. The lowest BCUT2D eigenvalue weighted by Crippen LogP contribution is -2.35. The summed E-state index contributed by atoms with van der Waals surface area (Å²) in [6.45, 7) is 4.54. The highest BCUT2D eigenvalue weighted by Gasteiger charge is 2.26. The fourth-order valence-electron chi connectivity index (χ4n) is 3.22. The van der Waals surface area contributed by atoms with E-state index >= 15 is 0 Å². The van der Waals surface area contributed by atoms with Crippen molar-refractivity contribution in [3.05, 3.63) is 40.5 Å². The van der Waals surface area contributed by atoms with Crippen molar-refractivity contribution in [3.63, 3.8) is 0 Å². The van der Waals surface area contributed by atoms with Crippen molar-refractivity contribution in [2.24, 2.45) is 5.92 Å². The van der Waals surface area contributed by atoms with Crippen LogP contribution in [0.15, 0.2) is 34.9 Å². The van der Waals surface area contributed by atoms with E-state index in [2.05, 4.69) is 51.4 Å². The molecule has 0 amide bonds. The Morgan fingerprint density at radius 2 is 2.26 bits per heavy atom. The van der Waals surface area contributed by atoms with Gasteiger partial charge < -0.3 is 5.32 Å². The predicted molar refractivity (Wildman–Crippen MR) is 83.5 cm³/mol. The Bertz CT molecular complexity index is 582. The number of halogens is 1. The Morgan fingerprint density at radius 1 is 1.37 bits per heavy atom. The van der Waals surface area contributed by atoms with Crippen LogP contribution in [0.25, 0.3) is 10.9 Å². The van der Waals surface area contributed by atoms with E-state index in [1.54, 1.807) is 0 Å². The largest absolute Gasteiger partial charge is 0.316 e. The van der Waals surface area contributed by atoms with E-state index in [9.17, 15) is 0 Å². The summed E-state index contributed by atoms with van der Waals surface area (Å²) in [5, 5.41) is 4.75. The lowest BCUT2D eigenvalue weighted by atomic mass is 9.79. The molecule has 3 rings (SSSR count). The van der Waals surface area contributed by atoms with Gasteiger partial charge in [0.2, 0.25) is 0 Å². The summed E-state index contributed by atoms with van der Waals surface area (Å²) in [6.07, 6.45) is 4.34. The van der Waals surface area contributed by atoms with Crippen molar-refractivity contribution in [2.45, 2.75) is 25.7 Å². The van der Waals surface area contributed by atoms with Crippen LogP contribution in [0.5, 0.6) is 0 Å². The van der Waals surface area contributed by atoms with Crippen LogP contribution in [0.2, 0.25) is 0 Å². The minimum Gasteiger partial charge on any atom is -0.316 e. The minimum atomic E-state index is 0.636. The molecule has 2 aromatic rings. The molecule has 2 nitrogen and oxygen atoms in total. The molecule has 1 aromatic carbocycles. The van der Waals surface area contributed by atoms with E-state index in [4.69, 9.17) is 0 Å². The number of nitrogens with one attached hydrogen (secondary N) is 1. The molecule has 1 fully saturated rings. The van der Waals surface area contributed by atoms with Crippen molar-refractivity contribution in [2.75, 3.05) is 13.1 Å². The highest BCUT2D eigenvalue weighted by atomic mass is 79.9. The van der Waals surface area contributed by atoms with E-state index < -0.39 is 0 Å². The number of rotatable bonds is 2. The summed E-state index contributed by atoms with van der Waals surface area (Å²) < 4.78 is 1.14. The van der Waals surface area contributed by atoms with E-state index in [1.807, 2.05) is 12.3 Å². The first kappa shape index (κ1) is 13.1. The fourth-order valence-corrected chi connectivity index (χ4v) is 3.67. The van der Waals surface area contributed by atoms with Crippen LogP contribution in [0.3, 0.4) is 0 Å². The maximum absolute atomic E-state index is 4.64. The molecule has 19 heavy (non-hydrogen) atoms. The van der Waals surface area contributed by atoms with Crippen LogP contribution >= 0.6 is 15.9 Å². The second-order valence-corrected chi connectivity index (χ2v) is 6.16. The maximum Gasteiger partial charge on any atom is 0.0748 e. The van der Waals surface area contributed by atoms with Gasteiger partial charge in [-0.2, -0.15) is 0 Å². The molecule has 1 N–H and O–H groups in total. The topological polar surface area (TPSA) is 24.9 Å². The molecular formula is C16H19BrN2. The average Bonchev–Trinajstić information content (AvgIpc) is 2.48. The van der Waals surface area contributed by atoms with Crippen molar-refractivity contribution in [3.8, 4) is 0 Å². The first-order chi connectivity index (χ1) is 9.31. The van der Waals surface area contributed by atoms with Crippen molar-refractivity contribution >= 4 is 26.8 Å². The molecule has 3 heteroatoms. The number of hydrogen-bond donors (Lipinski definition) is 1. The molecule has 0 saturated carbocycles. The van der Waals surface area contributed by atoms with Crippen molar-refractivity contribution in [1.82, 2.24) is 10.3 Å². The Kier molecular flexibility index (Phi) is 3.85. The van der Waals surface area contributed by atoms with Gasteiger partial charge in [0.05, 0.1) is 5.52 Å². The summed E-state index contributed by atoms with van der Waals surface area (Å²) >= 11 is 3.63. The molecular weight excluding hydrogens is 300 g/mol. The number of benzene rings is 1. The SMILES string of the molecule is CCC1CNCCC1c1ccc(Br)c2cccnc12. The standard InChI is InChI=1S/C16H19BrN2/c1-2-11-10-18-9-7-12(11)13-5-6-15(17)14-4-3-8-19-16(13)14/h3-6,8,11-12,18H,2,7,9-10H2,1H3. The first-order valence-corrected chi connectivity index (χ1v) is 7.84.